The van der Waals surface area contributed by atoms with E-state index in [0.717, 1.165) is 36.4 Å². The fourth-order valence-electron chi connectivity index (χ4n) is 1.97. The van der Waals surface area contributed by atoms with E-state index < -0.39 is 57.3 Å². The fourth-order valence-corrected chi connectivity index (χ4v) is 1.97. The summed E-state index contributed by atoms with van der Waals surface area (Å²) in [7, 11) is -2.92. The predicted molar refractivity (Wildman–Crippen MR) is 100 cm³/mol. The Bertz CT molecular complexity index is 961. The molecule has 6 nitrogen and oxygen atoms in total. The van der Waals surface area contributed by atoms with Crippen molar-refractivity contribution in [3.05, 3.63) is 90.2 Å². The molecule has 0 fully saturated rings. The van der Waals surface area contributed by atoms with Gasteiger partial charge in [0.2, 0.25) is 0 Å². The maximum absolute atomic E-state index is 12.3. The van der Waals surface area contributed by atoms with E-state index in [-0.39, 0.29) is 0 Å². The standard InChI is InChI=1S/3C6H4F4N.BO3/c3*7-5-3-1-2-4-6(5)11(8,9)10;2-1(3)4/h3*1-4H;/q3*+1;-3. The molecule has 0 bridgehead atoms. The van der Waals surface area contributed by atoms with Crippen molar-refractivity contribution in [2.75, 3.05) is 0 Å². The number of hydrogen-bond donors (Lipinski definition) is 0. The van der Waals surface area contributed by atoms with Crippen LogP contribution in [0.3, 0.4) is 0 Å². The maximum Gasteiger partial charge on any atom is 0.294 e. The zero-order valence-corrected chi connectivity index (χ0v) is 17.6. The molecule has 0 aliphatic rings. The number of quaternary nitrogens is 3. The minimum atomic E-state index is -3.98. The first kappa shape index (κ1) is 33.6. The summed E-state index contributed by atoms with van der Waals surface area (Å²) < 4.78 is 143. The highest BCUT2D eigenvalue weighted by Gasteiger charge is 2.40. The molecule has 0 unspecified atom stereocenters. The molecule has 0 aliphatic heterocycles. The summed E-state index contributed by atoms with van der Waals surface area (Å²) in [6.45, 7) is 0. The van der Waals surface area contributed by atoms with Crippen LogP contribution in [0.2, 0.25) is 0 Å². The Morgan fingerprint density at radius 1 is 0.405 bits per heavy atom. The summed E-state index contributed by atoms with van der Waals surface area (Å²) in [6.07, 6.45) is 0. The van der Waals surface area contributed by atoms with Crippen molar-refractivity contribution < 1.29 is 68.6 Å². The van der Waals surface area contributed by atoms with Gasteiger partial charge in [-0.2, -0.15) is 13.2 Å². The maximum atomic E-state index is 12.3. The van der Waals surface area contributed by atoms with Crippen LogP contribution in [0.15, 0.2) is 72.8 Å². The third kappa shape index (κ3) is 13.5. The first-order valence-corrected chi connectivity index (χ1v) is 8.95. The summed E-state index contributed by atoms with van der Waals surface area (Å²) in [6, 6.07) is 11.3. The quantitative estimate of drug-likeness (QED) is 0.273. The molecule has 0 amide bonds. The van der Waals surface area contributed by atoms with Gasteiger partial charge in [0.1, 0.15) is 0 Å². The van der Waals surface area contributed by atoms with Crippen LogP contribution < -0.4 is 30.5 Å². The van der Waals surface area contributed by atoms with Gasteiger partial charge in [-0.1, -0.05) is 36.4 Å². The Morgan fingerprint density at radius 3 is 0.676 bits per heavy atom. The summed E-state index contributed by atoms with van der Waals surface area (Å²) in [4.78, 5) is 0. The van der Waals surface area contributed by atoms with Crippen LogP contribution in [0.25, 0.3) is 0 Å². The van der Waals surface area contributed by atoms with Crippen molar-refractivity contribution in [2.45, 2.75) is 0 Å². The Hall–Kier alpha value is -3.36. The van der Waals surface area contributed by atoms with Crippen molar-refractivity contribution in [3.8, 4) is 0 Å². The molecular weight excluding hydrogens is 545 g/mol. The van der Waals surface area contributed by atoms with Gasteiger partial charge in [-0.25, -0.2) is 0 Å². The second-order valence-electron chi connectivity index (χ2n) is 5.98. The van der Waals surface area contributed by atoms with E-state index >= 15 is 0 Å². The molecule has 3 aromatic carbocycles. The minimum absolute atomic E-state index is 0.676. The first-order valence-electron chi connectivity index (χ1n) is 8.95. The summed E-state index contributed by atoms with van der Waals surface area (Å²) in [5.74, 6) is -3.79. The molecule has 204 valence electrons. The summed E-state index contributed by atoms with van der Waals surface area (Å²) in [5, 5.41) is 13.3. The number of nitrogens with zero attached hydrogens (tertiary/aromatic N) is 3. The van der Waals surface area contributed by atoms with Crippen molar-refractivity contribution in [2.24, 2.45) is 0 Å². The second-order valence-corrected chi connectivity index (χ2v) is 5.98. The predicted octanol–water partition coefficient (Wildman–Crippen LogP) is 4.41. The van der Waals surface area contributed by atoms with Crippen LogP contribution in [0.5, 0.6) is 0 Å². The van der Waals surface area contributed by atoms with Crippen LogP contribution >= 0.6 is 0 Å². The van der Waals surface area contributed by atoms with Gasteiger partial charge in [0.25, 0.3) is 32.5 Å². The molecule has 3 aromatic rings. The number of halogens is 12. The van der Waals surface area contributed by atoms with Crippen LogP contribution in [0.1, 0.15) is 0 Å². The zero-order valence-electron chi connectivity index (χ0n) is 17.6. The van der Waals surface area contributed by atoms with Crippen LogP contribution in [-0.2, 0) is 0 Å². The van der Waals surface area contributed by atoms with E-state index in [4.69, 9.17) is 15.1 Å². The van der Waals surface area contributed by atoms with Crippen molar-refractivity contribution >= 4 is 24.4 Å². The topological polar surface area (TPSA) is 69.2 Å². The lowest BCUT2D eigenvalue weighted by atomic mass is 10.3. The van der Waals surface area contributed by atoms with E-state index in [0.29, 0.717) is 18.2 Å². The third-order valence-corrected chi connectivity index (χ3v) is 3.38. The summed E-state index contributed by atoms with van der Waals surface area (Å²) >= 11 is 0. The average Bonchev–Trinajstić information content (AvgIpc) is 2.73. The van der Waals surface area contributed by atoms with Gasteiger partial charge in [0.05, 0.1) is 40.3 Å². The Labute approximate surface area is 199 Å². The van der Waals surface area contributed by atoms with E-state index in [9.17, 15) is 53.5 Å². The molecule has 19 heteroatoms. The lowest BCUT2D eigenvalue weighted by Crippen LogP contribution is -2.56. The van der Waals surface area contributed by atoms with Gasteiger partial charge in [-0.15, -0.1) is 0 Å². The molecule has 0 radical (unpaired) electrons. The average molecular weight is 557 g/mol. The lowest BCUT2D eigenvalue weighted by Gasteiger charge is -2.35. The summed E-state index contributed by atoms with van der Waals surface area (Å²) in [5.41, 5.74) is -3.85. The highest BCUT2D eigenvalue weighted by atomic mass is 19.6. The smallest absolute Gasteiger partial charge is 0.294 e. The highest BCUT2D eigenvalue weighted by Crippen LogP contribution is 2.29. The number of hydrogen-bond acceptors (Lipinski definition) is 3. The van der Waals surface area contributed by atoms with Gasteiger partial charge in [-0.3, -0.25) is 7.32 Å². The molecule has 3 rings (SSSR count). The molecular formula is C18H12BF12N3O3. The highest BCUT2D eigenvalue weighted by molar-refractivity contribution is 6.24. The van der Waals surface area contributed by atoms with Crippen LogP contribution in [-0.4, -0.2) is 7.32 Å². The molecule has 0 aromatic heterocycles. The third-order valence-electron chi connectivity index (χ3n) is 3.38. The van der Waals surface area contributed by atoms with E-state index in [2.05, 4.69) is 0 Å². The SMILES string of the molecule is Fc1ccccc1[N+](F)(F)F.Fc1ccccc1[N+](F)(F)F.Fc1ccccc1[N+](F)(F)F.[O-]B([O-])[O-]. The van der Waals surface area contributed by atoms with Crippen molar-refractivity contribution in [1.29, 1.82) is 0 Å². The Morgan fingerprint density at radius 2 is 0.568 bits per heavy atom. The van der Waals surface area contributed by atoms with E-state index in [1.807, 2.05) is 0 Å². The number of rotatable bonds is 3. The molecule has 37 heavy (non-hydrogen) atoms. The second kappa shape index (κ2) is 14.4. The molecule has 0 heterocycles. The molecule has 0 N–H and O–H groups in total. The molecule has 0 aliphatic carbocycles. The van der Waals surface area contributed by atoms with E-state index in [1.54, 1.807) is 0 Å². The molecule has 0 saturated carbocycles. The Balaban J connectivity index is 0.000000490. The fraction of sp³-hybridized carbons (Fsp3) is 0. The van der Waals surface area contributed by atoms with Gasteiger partial charge >= 0.3 is 0 Å². The normalized spacial score (nSPS) is 11.1. The van der Waals surface area contributed by atoms with Crippen LogP contribution in [0.4, 0.5) is 70.6 Å². The van der Waals surface area contributed by atoms with Crippen molar-refractivity contribution in [3.63, 3.8) is 0 Å². The monoisotopic (exact) mass is 557 g/mol. The van der Waals surface area contributed by atoms with Gasteiger partial charge in [-0.05, 0) is 18.2 Å². The zero-order chi connectivity index (χ0) is 29.0. The molecule has 0 saturated heterocycles. The van der Waals surface area contributed by atoms with Gasteiger partial charge in [0, 0.05) is 18.2 Å². The molecule has 0 spiro atoms. The van der Waals surface area contributed by atoms with Crippen molar-refractivity contribution in [1.82, 2.24) is 15.4 Å². The number of benzene rings is 3. The van der Waals surface area contributed by atoms with Gasteiger partial charge in [0.15, 0.2) is 17.5 Å². The first-order chi connectivity index (χ1) is 16.8. The lowest BCUT2D eigenvalue weighted by molar-refractivity contribution is -0.479. The van der Waals surface area contributed by atoms with E-state index in [1.165, 1.54) is 18.2 Å². The minimum Gasteiger partial charge on any atom is -0.907 e. The Kier molecular flexibility index (Phi) is 13.1. The van der Waals surface area contributed by atoms with Gasteiger partial charge < -0.3 is 15.1 Å². The largest absolute Gasteiger partial charge is 0.907 e. The molecule has 0 atom stereocenters. The van der Waals surface area contributed by atoms with Crippen LogP contribution in [0, 0.1) is 17.5 Å².